The zero-order chi connectivity index (χ0) is 12.0. The molecule has 2 rings (SSSR count). The SMILES string of the molecule is FC(F)(F)C(F)(F)c1cnc2c[nH]nc2c1. The van der Waals surface area contributed by atoms with E-state index in [2.05, 4.69) is 15.2 Å². The molecule has 0 aliphatic carbocycles. The van der Waals surface area contributed by atoms with Gasteiger partial charge in [0, 0.05) is 12.4 Å². The largest absolute Gasteiger partial charge is 0.458 e. The predicted molar refractivity (Wildman–Crippen MR) is 43.8 cm³/mol. The van der Waals surface area contributed by atoms with Crippen LogP contribution < -0.4 is 0 Å². The minimum absolute atomic E-state index is 0.0403. The lowest BCUT2D eigenvalue weighted by Gasteiger charge is -2.19. The molecule has 0 aliphatic rings. The molecule has 0 aromatic carbocycles. The van der Waals surface area contributed by atoms with Gasteiger partial charge in [-0.15, -0.1) is 0 Å². The number of rotatable bonds is 1. The maximum Gasteiger partial charge on any atom is 0.458 e. The van der Waals surface area contributed by atoms with E-state index in [0.29, 0.717) is 12.3 Å². The van der Waals surface area contributed by atoms with Crippen LogP contribution in [0.2, 0.25) is 0 Å². The van der Waals surface area contributed by atoms with E-state index >= 15 is 0 Å². The van der Waals surface area contributed by atoms with Crippen molar-refractivity contribution < 1.29 is 22.0 Å². The molecule has 0 bridgehead atoms. The molecule has 0 saturated heterocycles. The lowest BCUT2D eigenvalue weighted by atomic mass is 10.1. The third kappa shape index (κ3) is 1.50. The molecular formula is C8H4F5N3. The molecule has 3 nitrogen and oxygen atoms in total. The predicted octanol–water partition coefficient (Wildman–Crippen LogP) is 2.61. The van der Waals surface area contributed by atoms with Gasteiger partial charge in [0.05, 0.1) is 5.56 Å². The molecular weight excluding hydrogens is 233 g/mol. The molecule has 8 heteroatoms. The molecule has 0 amide bonds. The van der Waals surface area contributed by atoms with Gasteiger partial charge in [0.15, 0.2) is 0 Å². The molecule has 2 aromatic heterocycles. The highest BCUT2D eigenvalue weighted by Crippen LogP contribution is 2.43. The summed E-state index contributed by atoms with van der Waals surface area (Å²) in [6, 6.07) is 0.659. The summed E-state index contributed by atoms with van der Waals surface area (Å²) >= 11 is 0. The molecule has 0 atom stereocenters. The van der Waals surface area contributed by atoms with Gasteiger partial charge in [-0.05, 0) is 6.07 Å². The Morgan fingerprint density at radius 3 is 2.38 bits per heavy atom. The Kier molecular flexibility index (Phi) is 2.11. The molecule has 0 spiro atoms. The molecule has 1 N–H and O–H groups in total. The van der Waals surface area contributed by atoms with Crippen LogP contribution in [0.4, 0.5) is 22.0 Å². The Labute approximate surface area is 85.3 Å². The number of aromatic nitrogens is 3. The number of nitrogens with zero attached hydrogens (tertiary/aromatic N) is 2. The maximum atomic E-state index is 12.9. The smallest absolute Gasteiger partial charge is 0.283 e. The highest BCUT2D eigenvalue weighted by Gasteiger charge is 2.59. The van der Waals surface area contributed by atoms with Crippen LogP contribution >= 0.6 is 0 Å². The van der Waals surface area contributed by atoms with Gasteiger partial charge < -0.3 is 0 Å². The van der Waals surface area contributed by atoms with Crippen LogP contribution in [-0.2, 0) is 5.92 Å². The standard InChI is InChI=1S/C8H4F5N3/c9-7(10,8(11,12)13)4-1-5-6(14-2-4)3-15-16-5/h1-3H,(H,15,16). The van der Waals surface area contributed by atoms with Crippen molar-refractivity contribution in [3.63, 3.8) is 0 Å². The summed E-state index contributed by atoms with van der Waals surface area (Å²) in [6.07, 6.45) is -3.85. The van der Waals surface area contributed by atoms with Gasteiger partial charge in [-0.2, -0.15) is 27.1 Å². The third-order valence-electron chi connectivity index (χ3n) is 2.00. The van der Waals surface area contributed by atoms with E-state index in [1.165, 1.54) is 6.20 Å². The first-order valence-corrected chi connectivity index (χ1v) is 4.07. The summed E-state index contributed by atoms with van der Waals surface area (Å²) in [4.78, 5) is 3.45. The average Bonchev–Trinajstić information content (AvgIpc) is 2.61. The number of nitrogens with one attached hydrogen (secondary N) is 1. The summed E-state index contributed by atoms with van der Waals surface area (Å²) in [5.74, 6) is -4.92. The second-order valence-electron chi connectivity index (χ2n) is 3.09. The van der Waals surface area contributed by atoms with Gasteiger partial charge in [0.2, 0.25) is 0 Å². The van der Waals surface area contributed by atoms with Crippen molar-refractivity contribution >= 4 is 11.0 Å². The van der Waals surface area contributed by atoms with Crippen LogP contribution in [0, 0.1) is 0 Å². The topological polar surface area (TPSA) is 41.6 Å². The van der Waals surface area contributed by atoms with E-state index in [4.69, 9.17) is 0 Å². The monoisotopic (exact) mass is 237 g/mol. The highest BCUT2D eigenvalue weighted by molar-refractivity contribution is 5.73. The van der Waals surface area contributed by atoms with Crippen LogP contribution in [-0.4, -0.2) is 21.4 Å². The van der Waals surface area contributed by atoms with Gasteiger partial charge in [-0.25, -0.2) is 0 Å². The molecule has 0 fully saturated rings. The minimum Gasteiger partial charge on any atom is -0.283 e. The van der Waals surface area contributed by atoms with Crippen molar-refractivity contribution in [1.82, 2.24) is 15.2 Å². The number of hydrogen-bond donors (Lipinski definition) is 1. The number of pyridine rings is 1. The minimum atomic E-state index is -5.64. The summed E-state index contributed by atoms with van der Waals surface area (Å²) in [5.41, 5.74) is -1.04. The summed E-state index contributed by atoms with van der Waals surface area (Å²) < 4.78 is 61.9. The van der Waals surface area contributed by atoms with E-state index in [0.717, 1.165) is 0 Å². The Balaban J connectivity index is 2.54. The zero-order valence-corrected chi connectivity index (χ0v) is 7.52. The molecule has 2 heterocycles. The number of aromatic amines is 1. The van der Waals surface area contributed by atoms with Crippen molar-refractivity contribution in [3.05, 3.63) is 24.0 Å². The number of alkyl halides is 5. The normalized spacial score (nSPS) is 13.3. The van der Waals surface area contributed by atoms with E-state index in [9.17, 15) is 22.0 Å². The van der Waals surface area contributed by atoms with Crippen LogP contribution in [0.15, 0.2) is 18.5 Å². The average molecular weight is 237 g/mol. The van der Waals surface area contributed by atoms with E-state index in [1.807, 2.05) is 0 Å². The number of halogens is 5. The first-order valence-electron chi connectivity index (χ1n) is 4.07. The molecule has 2 aromatic rings. The first-order chi connectivity index (χ1) is 7.32. The van der Waals surface area contributed by atoms with Crippen molar-refractivity contribution in [2.45, 2.75) is 12.1 Å². The second-order valence-corrected chi connectivity index (χ2v) is 3.09. The quantitative estimate of drug-likeness (QED) is 0.774. The third-order valence-corrected chi connectivity index (χ3v) is 2.00. The van der Waals surface area contributed by atoms with Gasteiger partial charge in [-0.3, -0.25) is 10.1 Å². The van der Waals surface area contributed by atoms with Gasteiger partial charge in [0.25, 0.3) is 0 Å². The van der Waals surface area contributed by atoms with E-state index < -0.39 is 17.7 Å². The van der Waals surface area contributed by atoms with Crippen LogP contribution in [0.5, 0.6) is 0 Å². The molecule has 86 valence electrons. The van der Waals surface area contributed by atoms with Gasteiger partial charge >= 0.3 is 12.1 Å². The maximum absolute atomic E-state index is 12.9. The van der Waals surface area contributed by atoms with Crippen molar-refractivity contribution in [3.8, 4) is 0 Å². The number of H-pyrrole nitrogens is 1. The van der Waals surface area contributed by atoms with Crippen LogP contribution in [0.1, 0.15) is 5.56 Å². The fourth-order valence-corrected chi connectivity index (χ4v) is 1.16. The van der Waals surface area contributed by atoms with E-state index in [-0.39, 0.29) is 11.0 Å². The number of fused-ring (bicyclic) bond motifs is 1. The lowest BCUT2D eigenvalue weighted by molar-refractivity contribution is -0.289. The second kappa shape index (κ2) is 3.13. The first kappa shape index (κ1) is 10.8. The lowest BCUT2D eigenvalue weighted by Crippen LogP contribution is -2.33. The Bertz CT molecular complexity index is 516. The molecule has 16 heavy (non-hydrogen) atoms. The Morgan fingerprint density at radius 2 is 1.75 bits per heavy atom. The molecule has 0 saturated carbocycles. The number of hydrogen-bond acceptors (Lipinski definition) is 2. The zero-order valence-electron chi connectivity index (χ0n) is 7.52. The summed E-state index contributed by atoms with van der Waals surface area (Å²) in [6.45, 7) is 0. The van der Waals surface area contributed by atoms with Gasteiger partial charge in [-0.1, -0.05) is 0 Å². The van der Waals surface area contributed by atoms with Crippen molar-refractivity contribution in [2.75, 3.05) is 0 Å². The van der Waals surface area contributed by atoms with E-state index in [1.54, 1.807) is 0 Å². The van der Waals surface area contributed by atoms with Crippen LogP contribution in [0.25, 0.3) is 11.0 Å². The van der Waals surface area contributed by atoms with Gasteiger partial charge in [0.1, 0.15) is 11.0 Å². The summed E-state index contributed by atoms with van der Waals surface area (Å²) in [5, 5.41) is 5.80. The van der Waals surface area contributed by atoms with Crippen LogP contribution in [0.3, 0.4) is 0 Å². The highest BCUT2D eigenvalue weighted by atomic mass is 19.4. The molecule has 0 radical (unpaired) electrons. The molecule has 0 aliphatic heterocycles. The van der Waals surface area contributed by atoms with Crippen molar-refractivity contribution in [1.29, 1.82) is 0 Å². The Morgan fingerprint density at radius 1 is 1.06 bits per heavy atom. The molecule has 0 unspecified atom stereocenters. The summed E-state index contributed by atoms with van der Waals surface area (Å²) in [7, 11) is 0. The van der Waals surface area contributed by atoms with Crippen molar-refractivity contribution in [2.24, 2.45) is 0 Å². The fraction of sp³-hybridized carbons (Fsp3) is 0.250. The Hall–Kier alpha value is -1.73. The fourth-order valence-electron chi connectivity index (χ4n) is 1.16.